The zero-order chi connectivity index (χ0) is 13.0. The molecule has 0 unspecified atom stereocenters. The van der Waals surface area contributed by atoms with E-state index in [0.717, 1.165) is 36.9 Å². The van der Waals surface area contributed by atoms with Crippen molar-refractivity contribution >= 4 is 21.8 Å². The molecule has 0 aromatic heterocycles. The van der Waals surface area contributed by atoms with Gasteiger partial charge in [0.15, 0.2) is 0 Å². The average molecular weight is 311 g/mol. The highest BCUT2D eigenvalue weighted by Gasteiger charge is 2.27. The van der Waals surface area contributed by atoms with Gasteiger partial charge in [-0.3, -0.25) is 4.79 Å². The molecule has 3 nitrogen and oxygen atoms in total. The van der Waals surface area contributed by atoms with E-state index < -0.39 is 0 Å². The maximum absolute atomic E-state index is 12.0. The van der Waals surface area contributed by atoms with Crippen LogP contribution < -0.4 is 10.6 Å². The summed E-state index contributed by atoms with van der Waals surface area (Å²) in [7, 11) is 0. The minimum absolute atomic E-state index is 0.0102. The van der Waals surface area contributed by atoms with Gasteiger partial charge in [-0.25, -0.2) is 0 Å². The third-order valence-corrected chi connectivity index (χ3v) is 4.07. The van der Waals surface area contributed by atoms with Crippen LogP contribution in [0.15, 0.2) is 28.7 Å². The van der Waals surface area contributed by atoms with Gasteiger partial charge in [0, 0.05) is 16.6 Å². The summed E-state index contributed by atoms with van der Waals surface area (Å²) in [4.78, 5) is 12.0. The summed E-state index contributed by atoms with van der Waals surface area (Å²) in [6.45, 7) is 5.08. The molecule has 0 radical (unpaired) electrons. The van der Waals surface area contributed by atoms with E-state index in [9.17, 15) is 4.79 Å². The van der Waals surface area contributed by atoms with Gasteiger partial charge >= 0.3 is 0 Å². The first kappa shape index (κ1) is 13.6. The summed E-state index contributed by atoms with van der Waals surface area (Å²) in [5.41, 5.74) is 0.939. The van der Waals surface area contributed by atoms with Crippen LogP contribution in [0.25, 0.3) is 0 Å². The zero-order valence-corrected chi connectivity index (χ0v) is 12.2. The predicted octanol–water partition coefficient (Wildman–Crippen LogP) is 2.57. The Labute approximate surface area is 116 Å². The topological polar surface area (TPSA) is 41.1 Å². The Morgan fingerprint density at radius 1 is 1.44 bits per heavy atom. The second kappa shape index (κ2) is 5.85. The van der Waals surface area contributed by atoms with Crippen molar-refractivity contribution in [1.82, 2.24) is 10.6 Å². The van der Waals surface area contributed by atoms with Crippen LogP contribution in [0.3, 0.4) is 0 Å². The first-order chi connectivity index (χ1) is 8.59. The molecular formula is C14H19BrN2O. The smallest absolute Gasteiger partial charge is 0.251 e. The average Bonchev–Trinajstić information content (AvgIpc) is 2.37. The molecule has 0 aliphatic carbocycles. The standard InChI is InChI=1S/C14H19BrN2O/c1-14(5-7-16-8-6-14)10-17-13(18)11-3-2-4-12(15)9-11/h2-4,9,16H,5-8,10H2,1H3,(H,17,18). The van der Waals surface area contributed by atoms with E-state index in [4.69, 9.17) is 0 Å². The molecule has 0 spiro atoms. The van der Waals surface area contributed by atoms with E-state index in [1.165, 1.54) is 0 Å². The summed E-state index contributed by atoms with van der Waals surface area (Å²) in [6, 6.07) is 7.49. The van der Waals surface area contributed by atoms with E-state index in [2.05, 4.69) is 33.5 Å². The normalized spacial score (nSPS) is 18.3. The number of hydrogen-bond acceptors (Lipinski definition) is 2. The van der Waals surface area contributed by atoms with Gasteiger partial charge in [-0.05, 0) is 49.5 Å². The summed E-state index contributed by atoms with van der Waals surface area (Å²) >= 11 is 3.38. The number of halogens is 1. The lowest BCUT2D eigenvalue weighted by Gasteiger charge is -2.34. The van der Waals surface area contributed by atoms with E-state index in [0.29, 0.717) is 5.56 Å². The lowest BCUT2D eigenvalue weighted by atomic mass is 9.81. The second-order valence-electron chi connectivity index (χ2n) is 5.25. The monoisotopic (exact) mass is 310 g/mol. The minimum Gasteiger partial charge on any atom is -0.351 e. The third kappa shape index (κ3) is 3.56. The fourth-order valence-corrected chi connectivity index (χ4v) is 2.63. The molecule has 98 valence electrons. The molecule has 0 bridgehead atoms. The Morgan fingerprint density at radius 2 is 2.17 bits per heavy atom. The minimum atomic E-state index is 0.0102. The number of carbonyl (C=O) groups is 1. The molecule has 2 N–H and O–H groups in total. The van der Waals surface area contributed by atoms with Crippen LogP contribution in [0.4, 0.5) is 0 Å². The Hall–Kier alpha value is -0.870. The van der Waals surface area contributed by atoms with Crippen molar-refractivity contribution in [2.24, 2.45) is 5.41 Å². The van der Waals surface area contributed by atoms with Crippen molar-refractivity contribution < 1.29 is 4.79 Å². The molecule has 0 saturated carbocycles. The molecule has 1 heterocycles. The molecule has 2 rings (SSSR count). The third-order valence-electron chi connectivity index (χ3n) is 3.57. The van der Waals surface area contributed by atoms with Crippen LogP contribution >= 0.6 is 15.9 Å². The van der Waals surface area contributed by atoms with Gasteiger partial charge in [0.05, 0.1) is 0 Å². The lowest BCUT2D eigenvalue weighted by molar-refractivity contribution is 0.0922. The van der Waals surface area contributed by atoms with Gasteiger partial charge in [0.25, 0.3) is 5.91 Å². The molecular weight excluding hydrogens is 292 g/mol. The molecule has 4 heteroatoms. The van der Waals surface area contributed by atoms with Crippen molar-refractivity contribution in [3.8, 4) is 0 Å². The maximum Gasteiger partial charge on any atom is 0.251 e. The van der Waals surface area contributed by atoms with Gasteiger partial charge in [-0.2, -0.15) is 0 Å². The van der Waals surface area contributed by atoms with Crippen LogP contribution in [-0.4, -0.2) is 25.5 Å². The molecule has 1 saturated heterocycles. The number of rotatable bonds is 3. The fourth-order valence-electron chi connectivity index (χ4n) is 2.23. The Bertz CT molecular complexity index is 428. The van der Waals surface area contributed by atoms with Crippen LogP contribution in [-0.2, 0) is 0 Å². The SMILES string of the molecule is CC1(CNC(=O)c2cccc(Br)c2)CCNCC1. The van der Waals surface area contributed by atoms with E-state index in [1.54, 1.807) is 0 Å². The predicted molar refractivity (Wildman–Crippen MR) is 76.7 cm³/mol. The van der Waals surface area contributed by atoms with Crippen molar-refractivity contribution in [3.63, 3.8) is 0 Å². The largest absolute Gasteiger partial charge is 0.351 e. The van der Waals surface area contributed by atoms with Gasteiger partial charge in [-0.1, -0.05) is 28.9 Å². The van der Waals surface area contributed by atoms with E-state index in [-0.39, 0.29) is 11.3 Å². The molecule has 1 aromatic rings. The zero-order valence-electron chi connectivity index (χ0n) is 10.6. The summed E-state index contributed by atoms with van der Waals surface area (Å²) < 4.78 is 0.934. The van der Waals surface area contributed by atoms with Crippen molar-refractivity contribution in [1.29, 1.82) is 0 Å². The summed E-state index contributed by atoms with van der Waals surface area (Å²) in [6.07, 6.45) is 2.23. The number of nitrogens with one attached hydrogen (secondary N) is 2. The van der Waals surface area contributed by atoms with Crippen molar-refractivity contribution in [3.05, 3.63) is 34.3 Å². The number of amides is 1. The Balaban J connectivity index is 1.92. The highest BCUT2D eigenvalue weighted by Crippen LogP contribution is 2.26. The van der Waals surface area contributed by atoms with Gasteiger partial charge in [-0.15, -0.1) is 0 Å². The van der Waals surface area contributed by atoms with Crippen LogP contribution in [0.5, 0.6) is 0 Å². The number of hydrogen-bond donors (Lipinski definition) is 2. The van der Waals surface area contributed by atoms with Gasteiger partial charge in [0.2, 0.25) is 0 Å². The van der Waals surface area contributed by atoms with Crippen molar-refractivity contribution in [2.45, 2.75) is 19.8 Å². The highest BCUT2D eigenvalue weighted by atomic mass is 79.9. The number of piperidine rings is 1. The molecule has 0 atom stereocenters. The first-order valence-electron chi connectivity index (χ1n) is 6.34. The molecule has 1 aliphatic rings. The number of carbonyl (C=O) groups excluding carboxylic acids is 1. The van der Waals surface area contributed by atoms with Gasteiger partial charge < -0.3 is 10.6 Å². The second-order valence-corrected chi connectivity index (χ2v) is 6.17. The molecule has 1 amide bonds. The van der Waals surface area contributed by atoms with Crippen LogP contribution in [0.1, 0.15) is 30.1 Å². The first-order valence-corrected chi connectivity index (χ1v) is 7.13. The highest BCUT2D eigenvalue weighted by molar-refractivity contribution is 9.10. The lowest BCUT2D eigenvalue weighted by Crippen LogP contribution is -2.42. The van der Waals surface area contributed by atoms with Crippen LogP contribution in [0.2, 0.25) is 0 Å². The maximum atomic E-state index is 12.0. The van der Waals surface area contributed by atoms with Crippen molar-refractivity contribution in [2.75, 3.05) is 19.6 Å². The number of benzene rings is 1. The van der Waals surface area contributed by atoms with E-state index in [1.807, 2.05) is 24.3 Å². The van der Waals surface area contributed by atoms with E-state index >= 15 is 0 Å². The summed E-state index contributed by atoms with van der Waals surface area (Å²) in [5.74, 6) is 0.0102. The Morgan fingerprint density at radius 3 is 2.83 bits per heavy atom. The van der Waals surface area contributed by atoms with Crippen LogP contribution in [0, 0.1) is 5.41 Å². The molecule has 1 aliphatic heterocycles. The molecule has 1 aromatic carbocycles. The quantitative estimate of drug-likeness (QED) is 0.901. The molecule has 18 heavy (non-hydrogen) atoms. The summed E-state index contributed by atoms with van der Waals surface area (Å²) in [5, 5.41) is 6.40. The Kier molecular flexibility index (Phi) is 4.40. The fraction of sp³-hybridized carbons (Fsp3) is 0.500. The van der Waals surface area contributed by atoms with Gasteiger partial charge in [0.1, 0.15) is 0 Å². The molecule has 1 fully saturated rings.